The number of ether oxygens (including phenoxy) is 1. The van der Waals surface area contributed by atoms with E-state index in [2.05, 4.69) is 36.8 Å². The second-order valence-electron chi connectivity index (χ2n) is 4.55. The van der Waals surface area contributed by atoms with Crippen LogP contribution in [-0.4, -0.2) is 18.7 Å². The minimum Gasteiger partial charge on any atom is -0.494 e. The minimum absolute atomic E-state index is 0.0948. The van der Waals surface area contributed by atoms with Crippen molar-refractivity contribution in [2.24, 2.45) is 5.73 Å². The predicted molar refractivity (Wildman–Crippen MR) is 68.7 cm³/mol. The van der Waals surface area contributed by atoms with Crippen LogP contribution >= 0.6 is 0 Å². The Bertz CT molecular complexity index is 352. The van der Waals surface area contributed by atoms with Crippen molar-refractivity contribution in [2.45, 2.75) is 38.4 Å². The molecule has 3 unspecified atom stereocenters. The minimum atomic E-state index is 0.0948. The maximum atomic E-state index is 6.12. The number of hydrazine groups is 1. The summed E-state index contributed by atoms with van der Waals surface area (Å²) in [5.74, 6) is 0.920. The molecule has 0 saturated carbocycles. The first-order valence-corrected chi connectivity index (χ1v) is 6.21. The van der Waals surface area contributed by atoms with Gasteiger partial charge in [0.25, 0.3) is 0 Å². The molecule has 3 atom stereocenters. The fourth-order valence-corrected chi connectivity index (χ4v) is 2.00. The summed E-state index contributed by atoms with van der Waals surface area (Å²) in [4.78, 5) is 0. The topological polar surface area (TPSA) is 59.3 Å². The van der Waals surface area contributed by atoms with Crippen molar-refractivity contribution in [1.29, 1.82) is 0 Å². The summed E-state index contributed by atoms with van der Waals surface area (Å²) in [6.07, 6.45) is 1.03. The fraction of sp³-hybridized carbons (Fsp3) is 0.538. The second-order valence-corrected chi connectivity index (χ2v) is 4.55. The van der Waals surface area contributed by atoms with Crippen molar-refractivity contribution in [3.8, 4) is 5.75 Å². The molecule has 4 N–H and O–H groups in total. The molecular formula is C13H21N3O. The Morgan fingerprint density at radius 3 is 2.47 bits per heavy atom. The molecule has 94 valence electrons. The van der Waals surface area contributed by atoms with E-state index in [4.69, 9.17) is 10.5 Å². The number of rotatable bonds is 4. The van der Waals surface area contributed by atoms with Crippen LogP contribution in [0.2, 0.25) is 0 Å². The molecule has 1 aliphatic rings. The molecule has 0 spiro atoms. The number of benzene rings is 1. The van der Waals surface area contributed by atoms with E-state index in [9.17, 15) is 0 Å². The van der Waals surface area contributed by atoms with E-state index in [-0.39, 0.29) is 18.1 Å². The number of nitrogens with two attached hydrogens (primary N) is 1. The highest BCUT2D eigenvalue weighted by Gasteiger charge is 2.30. The molecule has 1 saturated heterocycles. The van der Waals surface area contributed by atoms with Crippen molar-refractivity contribution in [2.75, 3.05) is 6.61 Å². The molecule has 1 aromatic rings. The zero-order chi connectivity index (χ0) is 12.3. The van der Waals surface area contributed by atoms with Gasteiger partial charge in [-0.25, -0.2) is 5.43 Å². The predicted octanol–water partition coefficient (Wildman–Crippen LogP) is 1.34. The van der Waals surface area contributed by atoms with Gasteiger partial charge in [-0.15, -0.1) is 0 Å². The van der Waals surface area contributed by atoms with Gasteiger partial charge in [0, 0.05) is 12.1 Å². The fourth-order valence-electron chi connectivity index (χ4n) is 2.00. The first kappa shape index (κ1) is 12.4. The third kappa shape index (κ3) is 2.77. The van der Waals surface area contributed by atoms with E-state index < -0.39 is 0 Å². The normalized spacial score (nSPS) is 28.3. The Balaban J connectivity index is 2.02. The van der Waals surface area contributed by atoms with Crippen LogP contribution in [0.25, 0.3) is 0 Å². The zero-order valence-electron chi connectivity index (χ0n) is 10.4. The summed E-state index contributed by atoms with van der Waals surface area (Å²) >= 11 is 0. The van der Waals surface area contributed by atoms with Gasteiger partial charge in [0.1, 0.15) is 5.75 Å². The van der Waals surface area contributed by atoms with Gasteiger partial charge < -0.3 is 10.5 Å². The smallest absolute Gasteiger partial charge is 0.119 e. The van der Waals surface area contributed by atoms with Gasteiger partial charge in [0.15, 0.2) is 0 Å². The lowest BCUT2D eigenvalue weighted by molar-refractivity contribution is 0.317. The molecule has 0 aliphatic carbocycles. The lowest BCUT2D eigenvalue weighted by atomic mass is 9.98. The van der Waals surface area contributed by atoms with E-state index in [0.29, 0.717) is 0 Å². The van der Waals surface area contributed by atoms with Crippen molar-refractivity contribution in [1.82, 2.24) is 10.9 Å². The van der Waals surface area contributed by atoms with E-state index in [0.717, 1.165) is 18.8 Å². The van der Waals surface area contributed by atoms with Crippen LogP contribution < -0.4 is 21.3 Å². The van der Waals surface area contributed by atoms with Crippen LogP contribution in [-0.2, 0) is 0 Å². The molecule has 1 aromatic carbocycles. The Labute approximate surface area is 103 Å². The van der Waals surface area contributed by atoms with E-state index >= 15 is 0 Å². The molecular weight excluding hydrogens is 214 g/mol. The lowest BCUT2D eigenvalue weighted by Crippen LogP contribution is -2.35. The van der Waals surface area contributed by atoms with Crippen LogP contribution in [0, 0.1) is 0 Å². The molecule has 17 heavy (non-hydrogen) atoms. The van der Waals surface area contributed by atoms with Crippen LogP contribution in [0.4, 0.5) is 0 Å². The molecule has 1 aliphatic heterocycles. The molecule has 1 heterocycles. The average Bonchev–Trinajstić information content (AvgIpc) is 2.68. The Kier molecular flexibility index (Phi) is 3.99. The standard InChI is InChI=1S/C13H21N3O/c1-3-8-17-11-6-4-10(5-7-11)13-12(14)9(2)15-16-13/h4-7,9,12-13,15-16H,3,8,14H2,1-2H3. The monoisotopic (exact) mass is 235 g/mol. The summed E-state index contributed by atoms with van der Waals surface area (Å²) in [5.41, 5.74) is 13.7. The summed E-state index contributed by atoms with van der Waals surface area (Å²) < 4.78 is 5.55. The molecule has 0 aromatic heterocycles. The quantitative estimate of drug-likeness (QED) is 0.737. The van der Waals surface area contributed by atoms with E-state index in [1.54, 1.807) is 0 Å². The van der Waals surface area contributed by atoms with Gasteiger partial charge in [0.05, 0.1) is 12.6 Å². The van der Waals surface area contributed by atoms with Gasteiger partial charge in [0.2, 0.25) is 0 Å². The third-order valence-electron chi connectivity index (χ3n) is 3.14. The van der Waals surface area contributed by atoms with Crippen LogP contribution in [0.1, 0.15) is 31.9 Å². The largest absolute Gasteiger partial charge is 0.494 e. The molecule has 0 radical (unpaired) electrons. The molecule has 2 rings (SSSR count). The molecule has 0 amide bonds. The summed E-state index contributed by atoms with van der Waals surface area (Å²) in [6.45, 7) is 4.94. The third-order valence-corrected chi connectivity index (χ3v) is 3.14. The van der Waals surface area contributed by atoms with E-state index in [1.807, 2.05) is 12.1 Å². The Hall–Kier alpha value is -1.10. The van der Waals surface area contributed by atoms with Gasteiger partial charge in [-0.1, -0.05) is 19.1 Å². The van der Waals surface area contributed by atoms with Crippen molar-refractivity contribution in [3.63, 3.8) is 0 Å². The van der Waals surface area contributed by atoms with E-state index in [1.165, 1.54) is 5.56 Å². The zero-order valence-corrected chi connectivity index (χ0v) is 10.4. The Morgan fingerprint density at radius 1 is 1.24 bits per heavy atom. The van der Waals surface area contributed by atoms with Gasteiger partial charge in [-0.3, -0.25) is 5.43 Å². The number of hydrogen-bond donors (Lipinski definition) is 3. The highest BCUT2D eigenvalue weighted by Crippen LogP contribution is 2.23. The summed E-state index contributed by atoms with van der Waals surface area (Å²) in [5, 5.41) is 0. The molecule has 1 fully saturated rings. The second kappa shape index (κ2) is 5.49. The first-order chi connectivity index (χ1) is 8.22. The molecule has 0 bridgehead atoms. The number of hydrogen-bond acceptors (Lipinski definition) is 4. The van der Waals surface area contributed by atoms with Crippen LogP contribution in [0.5, 0.6) is 5.75 Å². The van der Waals surface area contributed by atoms with Crippen molar-refractivity contribution in [3.05, 3.63) is 29.8 Å². The molecule has 4 heteroatoms. The molecule has 4 nitrogen and oxygen atoms in total. The highest BCUT2D eigenvalue weighted by molar-refractivity contribution is 5.30. The van der Waals surface area contributed by atoms with Gasteiger partial charge >= 0.3 is 0 Å². The number of nitrogens with one attached hydrogen (secondary N) is 2. The van der Waals surface area contributed by atoms with Crippen molar-refractivity contribution >= 4 is 0 Å². The first-order valence-electron chi connectivity index (χ1n) is 6.21. The average molecular weight is 235 g/mol. The SMILES string of the molecule is CCCOc1ccc(C2NNC(C)C2N)cc1. The van der Waals surface area contributed by atoms with Crippen LogP contribution in [0.15, 0.2) is 24.3 Å². The van der Waals surface area contributed by atoms with Gasteiger partial charge in [-0.05, 0) is 31.0 Å². The van der Waals surface area contributed by atoms with Crippen LogP contribution in [0.3, 0.4) is 0 Å². The summed E-state index contributed by atoms with van der Waals surface area (Å²) in [6, 6.07) is 8.70. The van der Waals surface area contributed by atoms with Crippen molar-refractivity contribution < 1.29 is 4.74 Å². The highest BCUT2D eigenvalue weighted by atomic mass is 16.5. The maximum Gasteiger partial charge on any atom is 0.119 e. The van der Waals surface area contributed by atoms with Gasteiger partial charge in [-0.2, -0.15) is 0 Å². The lowest BCUT2D eigenvalue weighted by Gasteiger charge is -2.16. The maximum absolute atomic E-state index is 6.12. The summed E-state index contributed by atoms with van der Waals surface area (Å²) in [7, 11) is 0. The Morgan fingerprint density at radius 2 is 1.94 bits per heavy atom.